The van der Waals surface area contributed by atoms with E-state index in [1.54, 1.807) is 11.3 Å². The minimum atomic E-state index is 0.531. The molecule has 0 aliphatic heterocycles. The Kier molecular flexibility index (Phi) is 3.48. The van der Waals surface area contributed by atoms with Crippen molar-refractivity contribution in [1.82, 2.24) is 9.97 Å². The lowest BCUT2D eigenvalue weighted by Crippen LogP contribution is -1.93. The first-order chi connectivity index (χ1) is 9.58. The predicted molar refractivity (Wildman–Crippen MR) is 86.7 cm³/mol. The van der Waals surface area contributed by atoms with E-state index in [1.165, 1.54) is 10.4 Å². The molecule has 0 spiro atoms. The molecule has 3 rings (SSSR count). The van der Waals surface area contributed by atoms with E-state index in [0.717, 1.165) is 33.6 Å². The molecule has 0 saturated carbocycles. The molecule has 2 aromatic heterocycles. The van der Waals surface area contributed by atoms with Crippen molar-refractivity contribution in [3.63, 3.8) is 0 Å². The summed E-state index contributed by atoms with van der Waals surface area (Å²) in [6.45, 7) is 6.27. The molecule has 0 N–H and O–H groups in total. The van der Waals surface area contributed by atoms with Gasteiger partial charge in [-0.2, -0.15) is 0 Å². The minimum absolute atomic E-state index is 0.531. The van der Waals surface area contributed by atoms with Crippen molar-refractivity contribution in [3.8, 4) is 10.7 Å². The third-order valence-corrected chi connectivity index (χ3v) is 4.83. The van der Waals surface area contributed by atoms with Gasteiger partial charge >= 0.3 is 0 Å². The van der Waals surface area contributed by atoms with Crippen LogP contribution in [0.4, 0.5) is 0 Å². The van der Waals surface area contributed by atoms with Crippen molar-refractivity contribution in [2.24, 2.45) is 0 Å². The molecule has 20 heavy (non-hydrogen) atoms. The van der Waals surface area contributed by atoms with Crippen molar-refractivity contribution in [2.75, 3.05) is 0 Å². The Morgan fingerprint density at radius 2 is 1.95 bits per heavy atom. The summed E-state index contributed by atoms with van der Waals surface area (Å²) >= 11 is 8.08. The van der Waals surface area contributed by atoms with Crippen LogP contribution in [0.5, 0.6) is 0 Å². The normalized spacial score (nSPS) is 11.2. The molecule has 0 radical (unpaired) electrons. The Labute approximate surface area is 127 Å². The standard InChI is InChI=1S/C16H15ClN2S/c1-4-11-5-6-13(20-11)16-18-14-10(3)7-9(2)8-12(14)15(17)19-16/h5-8H,4H2,1-3H3. The summed E-state index contributed by atoms with van der Waals surface area (Å²) in [5.41, 5.74) is 3.26. The predicted octanol–water partition coefficient (Wildman–Crippen LogP) is 5.19. The van der Waals surface area contributed by atoms with E-state index in [4.69, 9.17) is 16.6 Å². The van der Waals surface area contributed by atoms with Gasteiger partial charge in [-0.3, -0.25) is 0 Å². The fourth-order valence-corrected chi connectivity index (χ4v) is 3.45. The molecule has 1 aromatic carbocycles. The Morgan fingerprint density at radius 1 is 1.15 bits per heavy atom. The van der Waals surface area contributed by atoms with Crippen LogP contribution >= 0.6 is 22.9 Å². The van der Waals surface area contributed by atoms with Crippen molar-refractivity contribution < 1.29 is 0 Å². The highest BCUT2D eigenvalue weighted by Gasteiger charge is 2.11. The average molecular weight is 303 g/mol. The topological polar surface area (TPSA) is 25.8 Å². The van der Waals surface area contributed by atoms with Crippen LogP contribution < -0.4 is 0 Å². The number of benzene rings is 1. The van der Waals surface area contributed by atoms with Crippen LogP contribution in [0.25, 0.3) is 21.6 Å². The zero-order valence-electron chi connectivity index (χ0n) is 11.7. The minimum Gasteiger partial charge on any atom is -0.227 e. The average Bonchev–Trinajstić information content (AvgIpc) is 2.88. The second kappa shape index (κ2) is 5.15. The first-order valence-corrected chi connectivity index (χ1v) is 7.81. The van der Waals surface area contributed by atoms with Crippen molar-refractivity contribution in [2.45, 2.75) is 27.2 Å². The lowest BCUT2D eigenvalue weighted by Gasteiger charge is -2.07. The van der Waals surface area contributed by atoms with Crippen LogP contribution in [0.3, 0.4) is 0 Å². The number of halogens is 1. The number of hydrogen-bond acceptors (Lipinski definition) is 3. The van der Waals surface area contributed by atoms with E-state index in [0.29, 0.717) is 5.15 Å². The molecule has 0 bridgehead atoms. The van der Waals surface area contributed by atoms with Gasteiger partial charge in [-0.1, -0.05) is 30.2 Å². The molecule has 0 aliphatic carbocycles. The smallest absolute Gasteiger partial charge is 0.171 e. The molecule has 0 fully saturated rings. The highest BCUT2D eigenvalue weighted by Crippen LogP contribution is 2.31. The lowest BCUT2D eigenvalue weighted by atomic mass is 10.1. The molecule has 0 amide bonds. The second-order valence-electron chi connectivity index (χ2n) is 4.94. The summed E-state index contributed by atoms with van der Waals surface area (Å²) in [7, 11) is 0. The summed E-state index contributed by atoms with van der Waals surface area (Å²) in [6.07, 6.45) is 1.03. The fourth-order valence-electron chi connectivity index (χ4n) is 2.35. The lowest BCUT2D eigenvalue weighted by molar-refractivity contribution is 1.19. The molecule has 0 unspecified atom stereocenters. The fraction of sp³-hybridized carbons (Fsp3) is 0.250. The summed E-state index contributed by atoms with van der Waals surface area (Å²) in [6, 6.07) is 8.37. The summed E-state index contributed by atoms with van der Waals surface area (Å²) in [5, 5.41) is 1.46. The van der Waals surface area contributed by atoms with Crippen LogP contribution in [0.15, 0.2) is 24.3 Å². The number of rotatable bonds is 2. The van der Waals surface area contributed by atoms with Crippen molar-refractivity contribution >= 4 is 33.8 Å². The zero-order valence-corrected chi connectivity index (χ0v) is 13.3. The largest absolute Gasteiger partial charge is 0.227 e. The van der Waals surface area contributed by atoms with Crippen LogP contribution in [-0.2, 0) is 6.42 Å². The molecular formula is C16H15ClN2S. The monoisotopic (exact) mass is 302 g/mol. The van der Waals surface area contributed by atoms with Gasteiger partial charge in [0.2, 0.25) is 0 Å². The number of nitrogens with zero attached hydrogens (tertiary/aromatic N) is 2. The Balaban J connectivity index is 2.23. The Morgan fingerprint density at radius 3 is 2.65 bits per heavy atom. The van der Waals surface area contributed by atoms with Gasteiger partial charge in [0.1, 0.15) is 5.15 Å². The van der Waals surface area contributed by atoms with Crippen LogP contribution in [0.1, 0.15) is 22.9 Å². The van der Waals surface area contributed by atoms with E-state index >= 15 is 0 Å². The number of fused-ring (bicyclic) bond motifs is 1. The second-order valence-corrected chi connectivity index (χ2v) is 6.46. The maximum Gasteiger partial charge on any atom is 0.171 e. The molecule has 0 saturated heterocycles. The van der Waals surface area contributed by atoms with Crippen LogP contribution in [0.2, 0.25) is 5.15 Å². The van der Waals surface area contributed by atoms with Gasteiger partial charge in [0.15, 0.2) is 5.82 Å². The first kappa shape index (κ1) is 13.5. The number of aromatic nitrogens is 2. The summed E-state index contributed by atoms with van der Waals surface area (Å²) in [5.74, 6) is 0.721. The number of aryl methyl sites for hydroxylation is 3. The first-order valence-electron chi connectivity index (χ1n) is 6.62. The van der Waals surface area contributed by atoms with Gasteiger partial charge in [-0.15, -0.1) is 11.3 Å². The van der Waals surface area contributed by atoms with E-state index in [-0.39, 0.29) is 0 Å². The third kappa shape index (κ3) is 2.32. The van der Waals surface area contributed by atoms with E-state index < -0.39 is 0 Å². The van der Waals surface area contributed by atoms with E-state index in [2.05, 4.69) is 44.0 Å². The van der Waals surface area contributed by atoms with Gasteiger partial charge in [0.05, 0.1) is 10.4 Å². The molecule has 0 atom stereocenters. The van der Waals surface area contributed by atoms with Gasteiger partial charge in [-0.25, -0.2) is 9.97 Å². The number of thiophene rings is 1. The van der Waals surface area contributed by atoms with Crippen LogP contribution in [-0.4, -0.2) is 9.97 Å². The zero-order chi connectivity index (χ0) is 14.3. The molecule has 2 nitrogen and oxygen atoms in total. The SMILES string of the molecule is CCc1ccc(-c2nc(Cl)c3cc(C)cc(C)c3n2)s1. The third-order valence-electron chi connectivity index (χ3n) is 3.32. The molecule has 102 valence electrons. The molecule has 3 aromatic rings. The van der Waals surface area contributed by atoms with Gasteiger partial charge < -0.3 is 0 Å². The summed E-state index contributed by atoms with van der Waals surface area (Å²) in [4.78, 5) is 11.6. The maximum absolute atomic E-state index is 6.35. The van der Waals surface area contributed by atoms with Crippen molar-refractivity contribution in [3.05, 3.63) is 45.4 Å². The Bertz CT molecular complexity index is 793. The highest BCUT2D eigenvalue weighted by atomic mass is 35.5. The quantitative estimate of drug-likeness (QED) is 0.609. The van der Waals surface area contributed by atoms with Gasteiger partial charge in [0.25, 0.3) is 0 Å². The molecule has 2 heterocycles. The van der Waals surface area contributed by atoms with E-state index in [9.17, 15) is 0 Å². The molecular weight excluding hydrogens is 288 g/mol. The van der Waals surface area contributed by atoms with E-state index in [1.807, 2.05) is 6.07 Å². The van der Waals surface area contributed by atoms with Crippen LogP contribution in [0, 0.1) is 13.8 Å². The van der Waals surface area contributed by atoms with Crippen molar-refractivity contribution in [1.29, 1.82) is 0 Å². The van der Waals surface area contributed by atoms with Gasteiger partial charge in [0, 0.05) is 10.3 Å². The highest BCUT2D eigenvalue weighted by molar-refractivity contribution is 7.15. The van der Waals surface area contributed by atoms with Gasteiger partial charge in [-0.05, 0) is 44.0 Å². The molecule has 0 aliphatic rings. The molecule has 4 heteroatoms. The maximum atomic E-state index is 6.35. The Hall–Kier alpha value is -1.45. The number of hydrogen-bond donors (Lipinski definition) is 0. The summed E-state index contributed by atoms with van der Waals surface area (Å²) < 4.78 is 0.